The van der Waals surface area contributed by atoms with Crippen molar-refractivity contribution in [3.05, 3.63) is 78.6 Å². The van der Waals surface area contributed by atoms with E-state index in [1.807, 2.05) is 18.2 Å². The molecule has 1 fully saturated rings. The fourth-order valence-corrected chi connectivity index (χ4v) is 4.27. The predicted molar refractivity (Wildman–Crippen MR) is 117 cm³/mol. The van der Waals surface area contributed by atoms with Gasteiger partial charge in [0.1, 0.15) is 5.82 Å². The predicted octanol–water partition coefficient (Wildman–Crippen LogP) is 4.21. The van der Waals surface area contributed by atoms with E-state index in [1.165, 1.54) is 23.4 Å². The Morgan fingerprint density at radius 2 is 1.90 bits per heavy atom. The van der Waals surface area contributed by atoms with Gasteiger partial charge in [-0.3, -0.25) is 9.36 Å². The second-order valence-corrected chi connectivity index (χ2v) is 8.34. The van der Waals surface area contributed by atoms with Gasteiger partial charge in [-0.05, 0) is 30.5 Å². The average molecular weight is 423 g/mol. The Kier molecular flexibility index (Phi) is 5.99. The zero-order valence-corrected chi connectivity index (χ0v) is 17.4. The van der Waals surface area contributed by atoms with Gasteiger partial charge >= 0.3 is 0 Å². The number of halogens is 1. The highest BCUT2D eigenvalue weighted by atomic mass is 32.2. The summed E-state index contributed by atoms with van der Waals surface area (Å²) in [5, 5.41) is 11.9. The maximum Gasteiger partial charge on any atom is 0.230 e. The highest BCUT2D eigenvalue weighted by molar-refractivity contribution is 7.99. The van der Waals surface area contributed by atoms with Crippen LogP contribution in [0.5, 0.6) is 0 Å². The van der Waals surface area contributed by atoms with Crippen LogP contribution in [0.4, 0.5) is 4.39 Å². The maximum absolute atomic E-state index is 14.2. The Balaban J connectivity index is 1.40. The van der Waals surface area contributed by atoms with Gasteiger partial charge in [0, 0.05) is 18.5 Å². The van der Waals surface area contributed by atoms with Gasteiger partial charge in [0.15, 0.2) is 11.0 Å². The first-order valence-corrected chi connectivity index (χ1v) is 10.9. The molecule has 0 atom stereocenters. The van der Waals surface area contributed by atoms with Crippen LogP contribution in [0.3, 0.4) is 0 Å². The molecule has 0 radical (unpaired) electrons. The van der Waals surface area contributed by atoms with E-state index >= 15 is 0 Å². The molecular formula is C23H23FN4OS. The zero-order valence-electron chi connectivity index (χ0n) is 16.6. The van der Waals surface area contributed by atoms with Crippen molar-refractivity contribution < 1.29 is 9.18 Å². The maximum atomic E-state index is 14.2. The molecule has 1 amide bonds. The highest BCUT2D eigenvalue weighted by Gasteiger charge is 2.44. The van der Waals surface area contributed by atoms with Crippen LogP contribution in [0.1, 0.15) is 18.4 Å². The molecule has 7 heteroatoms. The number of hydrogen-bond acceptors (Lipinski definition) is 4. The number of rotatable bonds is 9. The van der Waals surface area contributed by atoms with Crippen molar-refractivity contribution in [3.8, 4) is 11.4 Å². The van der Waals surface area contributed by atoms with Crippen molar-refractivity contribution in [3.63, 3.8) is 0 Å². The topological polar surface area (TPSA) is 59.8 Å². The first kappa shape index (κ1) is 20.3. The first-order valence-electron chi connectivity index (χ1n) is 9.87. The normalized spacial score (nSPS) is 14.3. The summed E-state index contributed by atoms with van der Waals surface area (Å²) in [6, 6.07) is 16.8. The number of nitrogens with zero attached hydrogens (tertiary/aromatic N) is 3. The molecule has 1 heterocycles. The number of amides is 1. The molecular weight excluding hydrogens is 399 g/mol. The minimum absolute atomic E-state index is 0.0530. The molecule has 1 aliphatic rings. The van der Waals surface area contributed by atoms with Crippen LogP contribution in [0.2, 0.25) is 0 Å². The van der Waals surface area contributed by atoms with Gasteiger partial charge in [0.2, 0.25) is 5.91 Å². The minimum Gasteiger partial charge on any atom is -0.354 e. The summed E-state index contributed by atoms with van der Waals surface area (Å²) in [5.74, 6) is 0.233. The minimum atomic E-state index is -0.361. The van der Waals surface area contributed by atoms with E-state index in [9.17, 15) is 9.18 Å². The van der Waals surface area contributed by atoms with Gasteiger partial charge < -0.3 is 5.32 Å². The smallest absolute Gasteiger partial charge is 0.230 e. The summed E-state index contributed by atoms with van der Waals surface area (Å²) in [5.41, 5.74) is 1.72. The molecule has 0 aliphatic heterocycles. The Hall–Kier alpha value is -2.93. The van der Waals surface area contributed by atoms with Crippen LogP contribution in [0, 0.1) is 5.82 Å². The molecule has 1 N–H and O–H groups in total. The molecule has 3 aromatic rings. The second-order valence-electron chi connectivity index (χ2n) is 7.40. The van der Waals surface area contributed by atoms with Gasteiger partial charge in [-0.15, -0.1) is 16.8 Å². The standard InChI is InChI=1S/C23H23FN4OS/c1-2-14-28-21(18-10-6-7-11-19(18)24)26-27-22(28)30-15-20(29)25-16-23(12-13-23)17-8-4-3-5-9-17/h2-11H,1,12-16H2,(H,25,29). The molecule has 154 valence electrons. The Morgan fingerprint density at radius 3 is 2.60 bits per heavy atom. The van der Waals surface area contributed by atoms with E-state index < -0.39 is 0 Å². The van der Waals surface area contributed by atoms with E-state index in [0.717, 1.165) is 12.8 Å². The molecule has 5 nitrogen and oxygen atoms in total. The lowest BCUT2D eigenvalue weighted by Gasteiger charge is -2.16. The highest BCUT2D eigenvalue weighted by Crippen LogP contribution is 2.47. The molecule has 1 saturated carbocycles. The molecule has 1 aliphatic carbocycles. The summed E-state index contributed by atoms with van der Waals surface area (Å²) < 4.78 is 16.0. The van der Waals surface area contributed by atoms with E-state index in [4.69, 9.17) is 0 Å². The molecule has 4 rings (SSSR count). The van der Waals surface area contributed by atoms with Crippen molar-refractivity contribution in [2.24, 2.45) is 0 Å². The quantitative estimate of drug-likeness (QED) is 0.415. The van der Waals surface area contributed by atoms with Gasteiger partial charge in [-0.25, -0.2) is 4.39 Å². The van der Waals surface area contributed by atoms with Gasteiger partial charge in [0.25, 0.3) is 0 Å². The number of nitrogens with one attached hydrogen (secondary N) is 1. The second kappa shape index (κ2) is 8.83. The lowest BCUT2D eigenvalue weighted by molar-refractivity contribution is -0.118. The molecule has 0 bridgehead atoms. The van der Waals surface area contributed by atoms with Crippen LogP contribution >= 0.6 is 11.8 Å². The van der Waals surface area contributed by atoms with Crippen LogP contribution < -0.4 is 5.32 Å². The van der Waals surface area contributed by atoms with Crippen LogP contribution in [-0.4, -0.2) is 33.0 Å². The zero-order chi connectivity index (χ0) is 21.0. The van der Waals surface area contributed by atoms with Crippen molar-refractivity contribution >= 4 is 17.7 Å². The third-order valence-corrected chi connectivity index (χ3v) is 6.31. The summed E-state index contributed by atoms with van der Waals surface area (Å²) >= 11 is 1.29. The number of aromatic nitrogens is 3. The van der Waals surface area contributed by atoms with Crippen molar-refractivity contribution in [2.75, 3.05) is 12.3 Å². The van der Waals surface area contributed by atoms with Crippen LogP contribution in [0.25, 0.3) is 11.4 Å². The fourth-order valence-electron chi connectivity index (χ4n) is 3.49. The monoisotopic (exact) mass is 422 g/mol. The molecule has 30 heavy (non-hydrogen) atoms. The molecule has 2 aromatic carbocycles. The lowest BCUT2D eigenvalue weighted by atomic mass is 9.96. The summed E-state index contributed by atoms with van der Waals surface area (Å²) in [6.45, 7) is 4.83. The van der Waals surface area contributed by atoms with Gasteiger partial charge in [0.05, 0.1) is 11.3 Å². The van der Waals surface area contributed by atoms with Crippen molar-refractivity contribution in [1.82, 2.24) is 20.1 Å². The number of carbonyl (C=O) groups is 1. The summed E-state index contributed by atoms with van der Waals surface area (Å²) in [6.07, 6.45) is 3.88. The lowest BCUT2D eigenvalue weighted by Crippen LogP contribution is -2.33. The molecule has 0 spiro atoms. The SMILES string of the molecule is C=CCn1c(SCC(=O)NCC2(c3ccccc3)CC2)nnc1-c1ccccc1F. The van der Waals surface area contributed by atoms with E-state index in [-0.39, 0.29) is 22.9 Å². The third kappa shape index (κ3) is 4.31. The number of hydrogen-bond donors (Lipinski definition) is 1. The largest absolute Gasteiger partial charge is 0.354 e. The van der Waals surface area contributed by atoms with E-state index in [1.54, 1.807) is 28.8 Å². The van der Waals surface area contributed by atoms with E-state index in [2.05, 4.69) is 34.2 Å². The van der Waals surface area contributed by atoms with Gasteiger partial charge in [-0.1, -0.05) is 60.3 Å². The summed E-state index contributed by atoms with van der Waals surface area (Å²) in [4.78, 5) is 12.5. The van der Waals surface area contributed by atoms with Crippen molar-refractivity contribution in [1.29, 1.82) is 0 Å². The fraction of sp³-hybridized carbons (Fsp3) is 0.261. The first-order chi connectivity index (χ1) is 14.6. The molecule has 0 saturated heterocycles. The Morgan fingerprint density at radius 1 is 1.17 bits per heavy atom. The van der Waals surface area contributed by atoms with Crippen LogP contribution in [-0.2, 0) is 16.8 Å². The molecule has 0 unspecified atom stereocenters. The van der Waals surface area contributed by atoms with Crippen LogP contribution in [0.15, 0.2) is 72.4 Å². The van der Waals surface area contributed by atoms with E-state index in [0.29, 0.717) is 29.6 Å². The number of thioether (sulfide) groups is 1. The Bertz CT molecular complexity index is 1050. The molecule has 1 aromatic heterocycles. The number of allylic oxidation sites excluding steroid dienone is 1. The third-order valence-electron chi connectivity index (χ3n) is 5.34. The number of benzene rings is 2. The number of carbonyl (C=O) groups excluding carboxylic acids is 1. The average Bonchev–Trinajstić information content (AvgIpc) is 3.47. The Labute approximate surface area is 179 Å². The van der Waals surface area contributed by atoms with Gasteiger partial charge in [-0.2, -0.15) is 0 Å². The summed E-state index contributed by atoms with van der Waals surface area (Å²) in [7, 11) is 0. The van der Waals surface area contributed by atoms with Crippen molar-refractivity contribution in [2.45, 2.75) is 30.0 Å².